The fourth-order valence-electron chi connectivity index (χ4n) is 2.03. The van der Waals surface area contributed by atoms with Gasteiger partial charge in [-0.2, -0.15) is 0 Å². The summed E-state index contributed by atoms with van der Waals surface area (Å²) in [5, 5.41) is 3.08. The van der Waals surface area contributed by atoms with Crippen molar-refractivity contribution >= 4 is 11.7 Å². The molecule has 0 aliphatic carbocycles. The first-order valence-corrected chi connectivity index (χ1v) is 6.20. The number of rotatable bonds is 4. The van der Waals surface area contributed by atoms with Gasteiger partial charge in [-0.15, -0.1) is 6.58 Å². The summed E-state index contributed by atoms with van der Waals surface area (Å²) in [6, 6.07) is 1.71. The largest absolute Gasteiger partial charge is 0.366 e. The second-order valence-corrected chi connectivity index (χ2v) is 4.35. The summed E-state index contributed by atoms with van der Waals surface area (Å²) in [5.74, 6) is 1.27. The Morgan fingerprint density at radius 1 is 1.50 bits per heavy atom. The Kier molecular flexibility index (Phi) is 3.92. The summed E-state index contributed by atoms with van der Waals surface area (Å²) in [4.78, 5) is 22.5. The van der Waals surface area contributed by atoms with Crippen LogP contribution in [0.15, 0.2) is 18.7 Å². The number of aromatic nitrogens is 2. The standard InChI is InChI=1S/C13H18N4O/c1-3-6-14-12-9-11(15-10(2)16-12)13(18)17-7-4-5-8-17/h3,9H,1,4-8H2,2H3,(H,14,15,16). The lowest BCUT2D eigenvalue weighted by molar-refractivity contribution is 0.0786. The van der Waals surface area contributed by atoms with Gasteiger partial charge in [-0.25, -0.2) is 9.97 Å². The average molecular weight is 246 g/mol. The molecule has 0 atom stereocenters. The topological polar surface area (TPSA) is 58.1 Å². The highest BCUT2D eigenvalue weighted by atomic mass is 16.2. The molecule has 1 fully saturated rings. The van der Waals surface area contributed by atoms with Crippen molar-refractivity contribution < 1.29 is 4.79 Å². The fourth-order valence-corrected chi connectivity index (χ4v) is 2.03. The highest BCUT2D eigenvalue weighted by Crippen LogP contribution is 2.14. The van der Waals surface area contributed by atoms with Crippen LogP contribution in [0.1, 0.15) is 29.2 Å². The Labute approximate surface area is 107 Å². The van der Waals surface area contributed by atoms with E-state index < -0.39 is 0 Å². The smallest absolute Gasteiger partial charge is 0.272 e. The van der Waals surface area contributed by atoms with Crippen molar-refractivity contribution in [3.63, 3.8) is 0 Å². The van der Waals surface area contributed by atoms with E-state index in [1.54, 1.807) is 19.1 Å². The number of carbonyl (C=O) groups excluding carboxylic acids is 1. The minimum Gasteiger partial charge on any atom is -0.366 e. The molecule has 18 heavy (non-hydrogen) atoms. The van der Waals surface area contributed by atoms with Gasteiger partial charge in [0.25, 0.3) is 5.91 Å². The van der Waals surface area contributed by atoms with Crippen LogP contribution < -0.4 is 5.32 Å². The first-order valence-electron chi connectivity index (χ1n) is 6.20. The number of likely N-dealkylation sites (tertiary alicyclic amines) is 1. The van der Waals surface area contributed by atoms with Gasteiger partial charge in [-0.1, -0.05) is 6.08 Å². The quantitative estimate of drug-likeness (QED) is 0.820. The van der Waals surface area contributed by atoms with E-state index in [-0.39, 0.29) is 5.91 Å². The monoisotopic (exact) mass is 246 g/mol. The molecule has 2 rings (SSSR count). The lowest BCUT2D eigenvalue weighted by Crippen LogP contribution is -2.28. The third kappa shape index (κ3) is 2.85. The first-order chi connectivity index (χ1) is 8.70. The van der Waals surface area contributed by atoms with Crippen LogP contribution >= 0.6 is 0 Å². The SMILES string of the molecule is C=CCNc1cc(C(=O)N2CCCC2)nc(C)n1. The molecule has 0 spiro atoms. The van der Waals surface area contributed by atoms with Crippen LogP contribution in [-0.4, -0.2) is 40.4 Å². The van der Waals surface area contributed by atoms with E-state index in [9.17, 15) is 4.79 Å². The highest BCUT2D eigenvalue weighted by molar-refractivity contribution is 5.93. The minimum absolute atomic E-state index is 0.000321. The minimum atomic E-state index is -0.000321. The van der Waals surface area contributed by atoms with E-state index in [0.29, 0.717) is 23.9 Å². The lowest BCUT2D eigenvalue weighted by Gasteiger charge is -2.15. The van der Waals surface area contributed by atoms with E-state index in [0.717, 1.165) is 25.9 Å². The Hall–Kier alpha value is -1.91. The molecule has 2 heterocycles. The van der Waals surface area contributed by atoms with Crippen LogP contribution in [0.2, 0.25) is 0 Å². The van der Waals surface area contributed by atoms with E-state index in [4.69, 9.17) is 0 Å². The molecule has 0 bridgehead atoms. The molecule has 0 radical (unpaired) electrons. The van der Waals surface area contributed by atoms with Gasteiger partial charge in [0.2, 0.25) is 0 Å². The fraction of sp³-hybridized carbons (Fsp3) is 0.462. The van der Waals surface area contributed by atoms with E-state index >= 15 is 0 Å². The summed E-state index contributed by atoms with van der Waals surface area (Å²) in [6.07, 6.45) is 3.91. The van der Waals surface area contributed by atoms with Crippen molar-refractivity contribution in [2.24, 2.45) is 0 Å². The molecule has 1 amide bonds. The number of nitrogens with one attached hydrogen (secondary N) is 1. The zero-order chi connectivity index (χ0) is 13.0. The number of hydrogen-bond acceptors (Lipinski definition) is 4. The number of hydrogen-bond donors (Lipinski definition) is 1. The van der Waals surface area contributed by atoms with Crippen molar-refractivity contribution in [3.05, 3.63) is 30.2 Å². The van der Waals surface area contributed by atoms with Gasteiger partial charge >= 0.3 is 0 Å². The Bertz CT molecular complexity index is 452. The molecule has 0 aromatic carbocycles. The molecule has 1 aliphatic heterocycles. The number of carbonyl (C=O) groups is 1. The summed E-state index contributed by atoms with van der Waals surface area (Å²) in [5.41, 5.74) is 0.468. The highest BCUT2D eigenvalue weighted by Gasteiger charge is 2.21. The predicted molar refractivity (Wildman–Crippen MR) is 70.6 cm³/mol. The van der Waals surface area contributed by atoms with Crippen LogP contribution in [-0.2, 0) is 0 Å². The Balaban J connectivity index is 2.18. The Morgan fingerprint density at radius 3 is 2.89 bits per heavy atom. The van der Waals surface area contributed by atoms with Gasteiger partial charge in [-0.3, -0.25) is 4.79 Å². The molecule has 1 aliphatic rings. The molecule has 5 nitrogen and oxygen atoms in total. The molecule has 1 aromatic rings. The molecular formula is C13H18N4O. The van der Waals surface area contributed by atoms with Gasteiger partial charge in [0.05, 0.1) is 0 Å². The van der Waals surface area contributed by atoms with Crippen LogP contribution in [0.3, 0.4) is 0 Å². The van der Waals surface area contributed by atoms with Crippen LogP contribution in [0, 0.1) is 6.92 Å². The predicted octanol–water partition coefficient (Wildman–Crippen LogP) is 1.62. The number of aryl methyl sites for hydroxylation is 1. The van der Waals surface area contributed by atoms with Crippen molar-refractivity contribution in [2.45, 2.75) is 19.8 Å². The first kappa shape index (κ1) is 12.5. The second-order valence-electron chi connectivity index (χ2n) is 4.35. The number of anilines is 1. The molecule has 0 saturated carbocycles. The van der Waals surface area contributed by atoms with Crippen LogP contribution in [0.25, 0.3) is 0 Å². The van der Waals surface area contributed by atoms with Gasteiger partial charge in [0.1, 0.15) is 17.3 Å². The third-order valence-electron chi connectivity index (χ3n) is 2.88. The number of nitrogens with zero attached hydrogens (tertiary/aromatic N) is 3. The third-order valence-corrected chi connectivity index (χ3v) is 2.88. The second kappa shape index (κ2) is 5.62. The van der Waals surface area contributed by atoms with Crippen LogP contribution in [0.5, 0.6) is 0 Å². The molecule has 1 saturated heterocycles. The van der Waals surface area contributed by atoms with Crippen LogP contribution in [0.4, 0.5) is 5.82 Å². The van der Waals surface area contributed by atoms with Gasteiger partial charge in [-0.05, 0) is 19.8 Å². The molecule has 96 valence electrons. The summed E-state index contributed by atoms with van der Waals surface area (Å²) in [6.45, 7) is 7.71. The summed E-state index contributed by atoms with van der Waals surface area (Å²) in [7, 11) is 0. The molecule has 0 unspecified atom stereocenters. The van der Waals surface area contributed by atoms with Gasteiger partial charge < -0.3 is 10.2 Å². The lowest BCUT2D eigenvalue weighted by atomic mass is 10.3. The summed E-state index contributed by atoms with van der Waals surface area (Å²) < 4.78 is 0. The van der Waals surface area contributed by atoms with E-state index in [1.165, 1.54) is 0 Å². The average Bonchev–Trinajstić information content (AvgIpc) is 2.88. The van der Waals surface area contributed by atoms with Gasteiger partial charge in [0.15, 0.2) is 0 Å². The van der Waals surface area contributed by atoms with E-state index in [2.05, 4.69) is 21.9 Å². The maximum Gasteiger partial charge on any atom is 0.272 e. The maximum atomic E-state index is 12.2. The van der Waals surface area contributed by atoms with Crippen molar-refractivity contribution in [1.82, 2.24) is 14.9 Å². The number of amides is 1. The van der Waals surface area contributed by atoms with Gasteiger partial charge in [0, 0.05) is 25.7 Å². The molecule has 1 N–H and O–H groups in total. The molecule has 5 heteroatoms. The van der Waals surface area contributed by atoms with Crippen molar-refractivity contribution in [2.75, 3.05) is 25.0 Å². The van der Waals surface area contributed by atoms with Crippen molar-refractivity contribution in [1.29, 1.82) is 0 Å². The summed E-state index contributed by atoms with van der Waals surface area (Å²) >= 11 is 0. The molecule has 1 aromatic heterocycles. The Morgan fingerprint density at radius 2 is 2.22 bits per heavy atom. The molecular weight excluding hydrogens is 228 g/mol. The van der Waals surface area contributed by atoms with Crippen molar-refractivity contribution in [3.8, 4) is 0 Å². The zero-order valence-corrected chi connectivity index (χ0v) is 10.6. The van der Waals surface area contributed by atoms with E-state index in [1.807, 2.05) is 4.90 Å². The zero-order valence-electron chi connectivity index (χ0n) is 10.6. The normalized spacial score (nSPS) is 14.6. The maximum absolute atomic E-state index is 12.2.